The van der Waals surface area contributed by atoms with E-state index in [1.54, 1.807) is 0 Å². The van der Waals surface area contributed by atoms with Crippen molar-refractivity contribution >= 4 is 23.9 Å². The predicted molar refractivity (Wildman–Crippen MR) is 140 cm³/mol. The standard InChI is InChI=1S/2C14H26O4/c2*1-3-17-13(15)11-9-7-5-6-8-10-12-14(16)18-4-2/h2*3-12H2,1-2H3. The van der Waals surface area contributed by atoms with E-state index in [1.807, 2.05) is 27.7 Å². The molecule has 8 nitrogen and oxygen atoms in total. The molecule has 0 saturated heterocycles. The molecule has 0 aliphatic carbocycles. The fourth-order valence-electron chi connectivity index (χ4n) is 3.42. The Morgan fingerprint density at radius 1 is 0.333 bits per heavy atom. The zero-order valence-electron chi connectivity index (χ0n) is 23.4. The summed E-state index contributed by atoms with van der Waals surface area (Å²) >= 11 is 0. The van der Waals surface area contributed by atoms with Crippen molar-refractivity contribution in [1.82, 2.24) is 0 Å². The van der Waals surface area contributed by atoms with Gasteiger partial charge in [-0.1, -0.05) is 51.4 Å². The number of hydrogen-bond acceptors (Lipinski definition) is 8. The van der Waals surface area contributed by atoms with Gasteiger partial charge in [-0.25, -0.2) is 0 Å². The van der Waals surface area contributed by atoms with Gasteiger partial charge < -0.3 is 18.9 Å². The van der Waals surface area contributed by atoms with Crippen molar-refractivity contribution in [3.8, 4) is 0 Å². The van der Waals surface area contributed by atoms with Gasteiger partial charge in [-0.05, 0) is 53.4 Å². The van der Waals surface area contributed by atoms with E-state index in [2.05, 4.69) is 0 Å². The van der Waals surface area contributed by atoms with Gasteiger partial charge in [-0.15, -0.1) is 0 Å². The smallest absolute Gasteiger partial charge is 0.305 e. The van der Waals surface area contributed by atoms with Gasteiger partial charge in [0.25, 0.3) is 0 Å². The normalized spacial score (nSPS) is 10.1. The van der Waals surface area contributed by atoms with Crippen molar-refractivity contribution in [3.05, 3.63) is 0 Å². The molecule has 0 spiro atoms. The minimum Gasteiger partial charge on any atom is -0.466 e. The lowest BCUT2D eigenvalue weighted by Gasteiger charge is -2.03. The van der Waals surface area contributed by atoms with Crippen LogP contribution < -0.4 is 0 Å². The second-order valence-electron chi connectivity index (χ2n) is 8.46. The molecular weight excluding hydrogens is 464 g/mol. The van der Waals surface area contributed by atoms with Crippen LogP contribution in [0, 0.1) is 0 Å². The summed E-state index contributed by atoms with van der Waals surface area (Å²) in [4.78, 5) is 44.2. The minimum absolute atomic E-state index is 0.0974. The highest BCUT2D eigenvalue weighted by atomic mass is 16.5. The summed E-state index contributed by atoms with van der Waals surface area (Å²) < 4.78 is 19.4. The first-order valence-corrected chi connectivity index (χ1v) is 14.0. The number of hydrogen-bond donors (Lipinski definition) is 0. The quantitative estimate of drug-likeness (QED) is 0.0916. The summed E-state index contributed by atoms with van der Waals surface area (Å²) in [5.74, 6) is -0.390. The molecule has 8 heteroatoms. The lowest BCUT2D eigenvalue weighted by atomic mass is 10.1. The molecule has 0 radical (unpaired) electrons. The molecule has 0 aromatic carbocycles. The molecule has 0 amide bonds. The van der Waals surface area contributed by atoms with Crippen LogP contribution in [0.1, 0.15) is 130 Å². The molecule has 0 aliphatic rings. The minimum atomic E-state index is -0.0974. The van der Waals surface area contributed by atoms with Gasteiger partial charge >= 0.3 is 23.9 Å². The first-order chi connectivity index (χ1) is 17.4. The SMILES string of the molecule is CCOC(=O)CCCCCCCCC(=O)OCC.CCOC(=O)CCCCCCCCC(=O)OCC. The van der Waals surface area contributed by atoms with Gasteiger partial charge in [-0.2, -0.15) is 0 Å². The number of rotatable bonds is 22. The highest BCUT2D eigenvalue weighted by Crippen LogP contribution is 2.10. The first kappa shape index (κ1) is 36.0. The zero-order chi connectivity index (χ0) is 27.3. The van der Waals surface area contributed by atoms with E-state index in [0.29, 0.717) is 52.1 Å². The summed E-state index contributed by atoms with van der Waals surface area (Å²) in [6, 6.07) is 0. The van der Waals surface area contributed by atoms with Crippen LogP contribution >= 0.6 is 0 Å². The Labute approximate surface area is 219 Å². The molecule has 0 rings (SSSR count). The summed E-state index contributed by atoms with van der Waals surface area (Å²) in [6.07, 6.45) is 14.4. The van der Waals surface area contributed by atoms with E-state index in [9.17, 15) is 19.2 Å². The second-order valence-corrected chi connectivity index (χ2v) is 8.46. The average Bonchev–Trinajstić information content (AvgIpc) is 2.83. The van der Waals surface area contributed by atoms with E-state index in [-0.39, 0.29) is 23.9 Å². The Morgan fingerprint density at radius 3 is 0.667 bits per heavy atom. The highest BCUT2D eigenvalue weighted by molar-refractivity contribution is 5.70. The number of esters is 4. The predicted octanol–water partition coefficient (Wildman–Crippen LogP) is 6.47. The maximum atomic E-state index is 11.0. The molecule has 0 aromatic rings. The molecule has 0 unspecified atom stereocenters. The molecule has 0 aromatic heterocycles. The van der Waals surface area contributed by atoms with Crippen molar-refractivity contribution in [3.63, 3.8) is 0 Å². The average molecular weight is 517 g/mol. The van der Waals surface area contributed by atoms with Gasteiger partial charge in [0.05, 0.1) is 26.4 Å². The van der Waals surface area contributed by atoms with Crippen LogP contribution in [0.2, 0.25) is 0 Å². The van der Waals surface area contributed by atoms with E-state index in [4.69, 9.17) is 18.9 Å². The molecule has 36 heavy (non-hydrogen) atoms. The molecular formula is C28H52O8. The van der Waals surface area contributed by atoms with Gasteiger partial charge in [0.1, 0.15) is 0 Å². The van der Waals surface area contributed by atoms with Crippen molar-refractivity contribution in [1.29, 1.82) is 0 Å². The molecule has 0 atom stereocenters. The van der Waals surface area contributed by atoms with Crippen molar-refractivity contribution in [2.24, 2.45) is 0 Å². The molecule has 0 aliphatic heterocycles. The Hall–Kier alpha value is -2.12. The van der Waals surface area contributed by atoms with E-state index in [1.165, 1.54) is 0 Å². The van der Waals surface area contributed by atoms with Gasteiger partial charge in [0.15, 0.2) is 0 Å². The third-order valence-electron chi connectivity index (χ3n) is 5.24. The zero-order valence-corrected chi connectivity index (χ0v) is 23.4. The van der Waals surface area contributed by atoms with E-state index >= 15 is 0 Å². The first-order valence-electron chi connectivity index (χ1n) is 14.0. The van der Waals surface area contributed by atoms with E-state index in [0.717, 1.165) is 77.0 Å². The maximum Gasteiger partial charge on any atom is 0.305 e. The molecule has 212 valence electrons. The largest absolute Gasteiger partial charge is 0.466 e. The summed E-state index contributed by atoms with van der Waals surface area (Å²) in [5.41, 5.74) is 0. The van der Waals surface area contributed by atoms with Crippen LogP contribution in [-0.4, -0.2) is 50.3 Å². The van der Waals surface area contributed by atoms with Crippen LogP contribution in [0.15, 0.2) is 0 Å². The van der Waals surface area contributed by atoms with Crippen molar-refractivity contribution in [2.45, 2.75) is 130 Å². The highest BCUT2D eigenvalue weighted by Gasteiger charge is 2.03. The Morgan fingerprint density at radius 2 is 0.500 bits per heavy atom. The third-order valence-corrected chi connectivity index (χ3v) is 5.24. The Balaban J connectivity index is 0. The Kier molecular flexibility index (Phi) is 29.1. The summed E-state index contributed by atoms with van der Waals surface area (Å²) in [6.45, 7) is 9.14. The monoisotopic (exact) mass is 516 g/mol. The molecule has 0 fully saturated rings. The number of unbranched alkanes of at least 4 members (excludes halogenated alkanes) is 10. The third kappa shape index (κ3) is 29.9. The van der Waals surface area contributed by atoms with Crippen LogP contribution in [0.25, 0.3) is 0 Å². The van der Waals surface area contributed by atoms with Crippen molar-refractivity contribution in [2.75, 3.05) is 26.4 Å². The number of ether oxygens (including phenoxy) is 4. The molecule has 0 bridgehead atoms. The second kappa shape index (κ2) is 29.1. The van der Waals surface area contributed by atoms with Gasteiger partial charge in [-0.3, -0.25) is 19.2 Å². The Bertz CT molecular complexity index is 452. The van der Waals surface area contributed by atoms with Crippen LogP contribution in [0.3, 0.4) is 0 Å². The van der Waals surface area contributed by atoms with Crippen LogP contribution in [-0.2, 0) is 38.1 Å². The lowest BCUT2D eigenvalue weighted by molar-refractivity contribution is -0.144. The van der Waals surface area contributed by atoms with E-state index < -0.39 is 0 Å². The van der Waals surface area contributed by atoms with Crippen molar-refractivity contribution < 1.29 is 38.1 Å². The molecule has 0 saturated carbocycles. The fraction of sp³-hybridized carbons (Fsp3) is 0.857. The summed E-state index contributed by atoms with van der Waals surface area (Å²) in [5, 5.41) is 0. The molecule has 0 heterocycles. The lowest BCUT2D eigenvalue weighted by Crippen LogP contribution is -2.03. The summed E-state index contributed by atoms with van der Waals surface area (Å²) in [7, 11) is 0. The topological polar surface area (TPSA) is 105 Å². The van der Waals surface area contributed by atoms with Crippen LogP contribution in [0.4, 0.5) is 0 Å². The maximum absolute atomic E-state index is 11.0. The number of carbonyl (C=O) groups is 4. The molecule has 0 N–H and O–H groups in total. The fourth-order valence-corrected chi connectivity index (χ4v) is 3.42. The van der Waals surface area contributed by atoms with Crippen LogP contribution in [0.5, 0.6) is 0 Å². The number of carbonyl (C=O) groups excluding carboxylic acids is 4. The van der Waals surface area contributed by atoms with Gasteiger partial charge in [0.2, 0.25) is 0 Å². The van der Waals surface area contributed by atoms with Gasteiger partial charge in [0, 0.05) is 25.7 Å².